The molecular weight excluding hydrogens is 183 g/mol. The van der Waals surface area contributed by atoms with Crippen LogP contribution in [-0.4, -0.2) is 0 Å². The predicted octanol–water partition coefficient (Wildman–Crippen LogP) is -2.83. The zero-order chi connectivity index (χ0) is 4.50. The van der Waals surface area contributed by atoms with E-state index in [1.165, 1.54) is 0 Å². The molecule has 0 rings (SSSR count). The standard InChI is InChI=1S/Fe.H3O4P.S/c;1-5(2,3)4;/h;(H3,1,2,3,4);/q+2;;+2/p-3. The van der Waals surface area contributed by atoms with Crippen LogP contribution in [0.4, 0.5) is 0 Å². The van der Waals surface area contributed by atoms with Gasteiger partial charge in [-0.1, -0.05) is 0 Å². The smallest absolute Gasteiger partial charge is 0.822 e. The Balaban J connectivity index is -0.0000000800. The zero-order valence-corrected chi connectivity index (χ0v) is 5.66. The molecule has 0 aromatic rings. The first kappa shape index (κ1) is 15.7. The van der Waals surface area contributed by atoms with Crippen molar-refractivity contribution >= 4 is 21.3 Å². The Morgan fingerprint density at radius 2 is 1.14 bits per heavy atom. The molecule has 0 saturated heterocycles. The van der Waals surface area contributed by atoms with E-state index in [0.29, 0.717) is 0 Å². The maximum absolute atomic E-state index is 8.55. The minimum absolute atomic E-state index is 0. The summed E-state index contributed by atoms with van der Waals surface area (Å²) in [7, 11) is -5.39. The average molecular weight is 183 g/mol. The fourth-order valence-corrected chi connectivity index (χ4v) is 0. The van der Waals surface area contributed by atoms with Gasteiger partial charge in [-0.3, -0.25) is 0 Å². The van der Waals surface area contributed by atoms with Crippen molar-refractivity contribution in [1.82, 2.24) is 0 Å². The first-order valence-corrected chi connectivity index (χ1v) is 2.19. The van der Waals surface area contributed by atoms with Crippen LogP contribution in [0.15, 0.2) is 0 Å². The Labute approximate surface area is 58.1 Å². The third kappa shape index (κ3) is 180. The Bertz CT molecular complexity index is 57.8. The predicted molar refractivity (Wildman–Crippen MR) is 15.0 cm³/mol. The Morgan fingerprint density at radius 3 is 1.14 bits per heavy atom. The molecule has 7 heavy (non-hydrogen) atoms. The molecule has 0 atom stereocenters. The van der Waals surface area contributed by atoms with Gasteiger partial charge in [-0.05, 0) is 0 Å². The maximum Gasteiger partial charge on any atom is 2.00 e. The summed E-state index contributed by atoms with van der Waals surface area (Å²) < 4.78 is 8.55. The monoisotopic (exact) mass is 183 g/mol. The molecule has 0 aliphatic heterocycles. The first-order valence-electron chi connectivity index (χ1n) is 0.730. The van der Waals surface area contributed by atoms with E-state index in [1.807, 2.05) is 0 Å². The summed E-state index contributed by atoms with van der Waals surface area (Å²) in [5, 5.41) is 0. The molecule has 0 fully saturated rings. The van der Waals surface area contributed by atoms with E-state index in [4.69, 9.17) is 19.2 Å². The summed E-state index contributed by atoms with van der Waals surface area (Å²) in [6.07, 6.45) is 0. The van der Waals surface area contributed by atoms with Crippen molar-refractivity contribution < 1.29 is 36.3 Å². The molecular formula is FeO4PS+. The molecule has 7 heteroatoms. The van der Waals surface area contributed by atoms with Gasteiger partial charge in [0.1, 0.15) is 0 Å². The SMILES string of the molecule is O=P([O-])([O-])[O-].[Fe+2].[S+2]. The first-order chi connectivity index (χ1) is 2.00. The van der Waals surface area contributed by atoms with E-state index < -0.39 is 7.82 Å². The maximum atomic E-state index is 8.55. The molecule has 0 heterocycles. The van der Waals surface area contributed by atoms with Crippen molar-refractivity contribution in [3.8, 4) is 0 Å². The van der Waals surface area contributed by atoms with Crippen molar-refractivity contribution in [3.05, 3.63) is 0 Å². The summed E-state index contributed by atoms with van der Waals surface area (Å²) in [5.74, 6) is 0. The van der Waals surface area contributed by atoms with Crippen LogP contribution in [0, 0.1) is 0 Å². The summed E-state index contributed by atoms with van der Waals surface area (Å²) in [6, 6.07) is 0. The molecule has 0 aliphatic rings. The van der Waals surface area contributed by atoms with Crippen LogP contribution < -0.4 is 14.7 Å². The Hall–Kier alpha value is 0.979. The number of hydrogen-bond acceptors (Lipinski definition) is 4. The van der Waals surface area contributed by atoms with Gasteiger partial charge in [0.05, 0.1) is 0 Å². The molecule has 0 aromatic heterocycles. The van der Waals surface area contributed by atoms with Crippen LogP contribution in [0.5, 0.6) is 0 Å². The molecule has 0 aromatic carbocycles. The molecule has 0 spiro atoms. The molecule has 4 radical (unpaired) electrons. The van der Waals surface area contributed by atoms with Crippen molar-refractivity contribution in [3.63, 3.8) is 0 Å². The molecule has 0 aliphatic carbocycles. The number of phosphoric acid groups is 1. The summed E-state index contributed by atoms with van der Waals surface area (Å²) >= 11 is 0. The molecule has 0 amide bonds. The minimum atomic E-state index is -5.39. The Kier molecular flexibility index (Phi) is 11.5. The van der Waals surface area contributed by atoms with Gasteiger partial charge < -0.3 is 19.2 Å². The summed E-state index contributed by atoms with van der Waals surface area (Å²) in [5.41, 5.74) is 0. The fraction of sp³-hybridized carbons (Fsp3) is 0. The van der Waals surface area contributed by atoms with Gasteiger partial charge in [-0.25, -0.2) is 0 Å². The molecule has 0 saturated carbocycles. The summed E-state index contributed by atoms with van der Waals surface area (Å²) in [4.78, 5) is 25.6. The van der Waals surface area contributed by atoms with Crippen LogP contribution in [-0.2, 0) is 35.1 Å². The largest absolute Gasteiger partial charge is 2.00 e. The molecule has 0 bridgehead atoms. The van der Waals surface area contributed by atoms with Crippen molar-refractivity contribution in [2.24, 2.45) is 0 Å². The normalized spacial score (nSPS) is 8.43. The van der Waals surface area contributed by atoms with Crippen LogP contribution in [0.2, 0.25) is 0 Å². The third-order valence-corrected chi connectivity index (χ3v) is 0. The topological polar surface area (TPSA) is 86.2 Å². The van der Waals surface area contributed by atoms with Crippen LogP contribution in [0.1, 0.15) is 0 Å². The van der Waals surface area contributed by atoms with E-state index >= 15 is 0 Å². The van der Waals surface area contributed by atoms with Crippen molar-refractivity contribution in [1.29, 1.82) is 0 Å². The van der Waals surface area contributed by atoms with Gasteiger partial charge in [0.25, 0.3) is 0 Å². The van der Waals surface area contributed by atoms with Crippen molar-refractivity contribution in [2.75, 3.05) is 0 Å². The van der Waals surface area contributed by atoms with Crippen LogP contribution in [0.25, 0.3) is 0 Å². The van der Waals surface area contributed by atoms with E-state index in [-0.39, 0.29) is 30.6 Å². The fourth-order valence-electron chi connectivity index (χ4n) is 0. The second kappa shape index (κ2) is 5.12. The van der Waals surface area contributed by atoms with Gasteiger partial charge in [-0.15, -0.1) is 0 Å². The van der Waals surface area contributed by atoms with Gasteiger partial charge in [-0.2, -0.15) is 7.82 Å². The summed E-state index contributed by atoms with van der Waals surface area (Å²) in [6.45, 7) is 0. The zero-order valence-electron chi connectivity index (χ0n) is 2.84. The van der Waals surface area contributed by atoms with E-state index in [0.717, 1.165) is 0 Å². The van der Waals surface area contributed by atoms with Crippen LogP contribution in [0.3, 0.4) is 0 Å². The quantitative estimate of drug-likeness (QED) is 0.299. The van der Waals surface area contributed by atoms with Crippen molar-refractivity contribution in [2.45, 2.75) is 0 Å². The van der Waals surface area contributed by atoms with Gasteiger partial charge in [0.15, 0.2) is 0 Å². The van der Waals surface area contributed by atoms with E-state index in [9.17, 15) is 0 Å². The molecule has 42 valence electrons. The van der Waals surface area contributed by atoms with Crippen LogP contribution >= 0.6 is 7.82 Å². The number of hydrogen-bond donors (Lipinski definition) is 0. The second-order valence-electron chi connectivity index (χ2n) is 0.447. The van der Waals surface area contributed by atoms with E-state index in [2.05, 4.69) is 0 Å². The average Bonchev–Trinajstić information content (AvgIpc) is 0.722. The van der Waals surface area contributed by atoms with Gasteiger partial charge in [0.2, 0.25) is 0 Å². The Morgan fingerprint density at radius 1 is 1.14 bits per heavy atom. The third-order valence-electron chi connectivity index (χ3n) is 0. The molecule has 4 nitrogen and oxygen atoms in total. The van der Waals surface area contributed by atoms with Gasteiger partial charge in [0, 0.05) is 0 Å². The number of rotatable bonds is 0. The minimum Gasteiger partial charge on any atom is -0.822 e. The molecule has 0 N–H and O–H groups in total. The van der Waals surface area contributed by atoms with Gasteiger partial charge >= 0.3 is 30.6 Å². The van der Waals surface area contributed by atoms with E-state index in [1.54, 1.807) is 0 Å². The molecule has 0 unspecified atom stereocenters. The second-order valence-corrected chi connectivity index (χ2v) is 1.34.